The molecule has 100 valence electrons. The summed E-state index contributed by atoms with van der Waals surface area (Å²) in [5, 5.41) is 3.55. The minimum absolute atomic E-state index is 0.151. The van der Waals surface area contributed by atoms with Crippen LogP contribution in [0.4, 0.5) is 0 Å². The summed E-state index contributed by atoms with van der Waals surface area (Å²) in [6.07, 6.45) is 3.47. The molecule has 1 aromatic carbocycles. The summed E-state index contributed by atoms with van der Waals surface area (Å²) in [6, 6.07) is 10.9. The van der Waals surface area contributed by atoms with E-state index in [0.717, 1.165) is 19.6 Å². The van der Waals surface area contributed by atoms with Crippen molar-refractivity contribution in [3.05, 3.63) is 35.9 Å². The molecule has 0 amide bonds. The molecule has 3 heteroatoms. The number of nitrogens with one attached hydrogen (secondary N) is 1. The molecule has 1 aromatic rings. The Morgan fingerprint density at radius 3 is 2.83 bits per heavy atom. The van der Waals surface area contributed by atoms with E-state index in [-0.39, 0.29) is 5.54 Å². The van der Waals surface area contributed by atoms with Crippen LogP contribution in [0.1, 0.15) is 18.9 Å². The highest BCUT2D eigenvalue weighted by Crippen LogP contribution is 2.29. The van der Waals surface area contributed by atoms with E-state index in [2.05, 4.69) is 53.7 Å². The van der Waals surface area contributed by atoms with Gasteiger partial charge in [-0.3, -0.25) is 4.90 Å². The van der Waals surface area contributed by atoms with Crippen molar-refractivity contribution < 1.29 is 0 Å². The van der Waals surface area contributed by atoms with Crippen LogP contribution >= 0.6 is 11.8 Å². The normalized spacial score (nSPS) is 25.2. The lowest BCUT2D eigenvalue weighted by Gasteiger charge is -2.45. The van der Waals surface area contributed by atoms with Gasteiger partial charge in [-0.25, -0.2) is 0 Å². The van der Waals surface area contributed by atoms with Crippen LogP contribution in [-0.2, 0) is 5.54 Å². The molecule has 1 heterocycles. The predicted molar refractivity (Wildman–Crippen MR) is 81.2 cm³/mol. The second kappa shape index (κ2) is 6.60. The zero-order chi connectivity index (χ0) is 12.8. The van der Waals surface area contributed by atoms with E-state index in [1.54, 1.807) is 0 Å². The van der Waals surface area contributed by atoms with Crippen molar-refractivity contribution in [1.82, 2.24) is 10.2 Å². The van der Waals surface area contributed by atoms with E-state index in [1.807, 2.05) is 11.8 Å². The summed E-state index contributed by atoms with van der Waals surface area (Å²) in [7, 11) is 0. The molecule has 0 aromatic heterocycles. The largest absolute Gasteiger partial charge is 0.313 e. The summed E-state index contributed by atoms with van der Waals surface area (Å²) >= 11 is 1.94. The van der Waals surface area contributed by atoms with E-state index in [4.69, 9.17) is 0 Å². The second-order valence-corrected chi connectivity index (χ2v) is 6.14. The number of rotatable bonds is 5. The third-order valence-electron chi connectivity index (χ3n) is 3.90. The Morgan fingerprint density at radius 1 is 1.33 bits per heavy atom. The first kappa shape index (κ1) is 13.9. The fraction of sp³-hybridized carbons (Fsp3) is 0.600. The average Bonchev–Trinajstić information content (AvgIpc) is 2.42. The first-order valence-electron chi connectivity index (χ1n) is 6.77. The molecule has 0 saturated carbocycles. The molecule has 2 rings (SSSR count). The van der Waals surface area contributed by atoms with Crippen molar-refractivity contribution >= 4 is 11.8 Å². The molecule has 2 nitrogen and oxygen atoms in total. The number of piperazine rings is 1. The van der Waals surface area contributed by atoms with Crippen molar-refractivity contribution in [3.63, 3.8) is 0 Å². The van der Waals surface area contributed by atoms with Crippen molar-refractivity contribution in [1.29, 1.82) is 0 Å². The van der Waals surface area contributed by atoms with Crippen molar-refractivity contribution in [3.8, 4) is 0 Å². The SMILES string of the molecule is CSCCCN1CCNCC1(C)c1ccccc1. The smallest absolute Gasteiger partial charge is 0.0557 e. The minimum atomic E-state index is 0.151. The second-order valence-electron chi connectivity index (χ2n) is 5.15. The van der Waals surface area contributed by atoms with Crippen LogP contribution in [0, 0.1) is 0 Å². The summed E-state index contributed by atoms with van der Waals surface area (Å²) in [5.41, 5.74) is 1.58. The highest BCUT2D eigenvalue weighted by Gasteiger charge is 2.35. The molecule has 18 heavy (non-hydrogen) atoms. The van der Waals surface area contributed by atoms with Gasteiger partial charge in [-0.15, -0.1) is 0 Å². The Hall–Kier alpha value is -0.510. The maximum Gasteiger partial charge on any atom is 0.0557 e. The van der Waals surface area contributed by atoms with Gasteiger partial charge in [-0.05, 0) is 37.5 Å². The van der Waals surface area contributed by atoms with Gasteiger partial charge in [0, 0.05) is 19.6 Å². The van der Waals surface area contributed by atoms with Crippen LogP contribution in [0.25, 0.3) is 0 Å². The van der Waals surface area contributed by atoms with E-state index in [9.17, 15) is 0 Å². The maximum atomic E-state index is 3.55. The number of nitrogens with zero attached hydrogens (tertiary/aromatic N) is 1. The van der Waals surface area contributed by atoms with Crippen LogP contribution < -0.4 is 5.32 Å². The molecule has 1 N–H and O–H groups in total. The molecule has 0 radical (unpaired) electrons. The van der Waals surface area contributed by atoms with Crippen molar-refractivity contribution in [2.24, 2.45) is 0 Å². The zero-order valence-electron chi connectivity index (χ0n) is 11.5. The van der Waals surface area contributed by atoms with Gasteiger partial charge in [0.1, 0.15) is 0 Å². The fourth-order valence-corrected chi connectivity index (χ4v) is 3.16. The number of hydrogen-bond donors (Lipinski definition) is 1. The molecular weight excluding hydrogens is 240 g/mol. The topological polar surface area (TPSA) is 15.3 Å². The first-order valence-corrected chi connectivity index (χ1v) is 8.17. The van der Waals surface area contributed by atoms with Gasteiger partial charge in [-0.2, -0.15) is 11.8 Å². The van der Waals surface area contributed by atoms with Crippen LogP contribution in [0.3, 0.4) is 0 Å². The molecule has 1 aliphatic heterocycles. The lowest BCUT2D eigenvalue weighted by molar-refractivity contribution is 0.0735. The monoisotopic (exact) mass is 264 g/mol. The third-order valence-corrected chi connectivity index (χ3v) is 4.59. The number of benzene rings is 1. The molecule has 1 atom stereocenters. The molecule has 1 saturated heterocycles. The quantitative estimate of drug-likeness (QED) is 0.823. The standard InChI is InChI=1S/C15H24N2S/c1-15(14-7-4-3-5-8-14)13-16-9-11-17(15)10-6-12-18-2/h3-5,7-8,16H,6,9-13H2,1-2H3. The van der Waals surface area contributed by atoms with Crippen molar-refractivity contribution in [2.45, 2.75) is 18.9 Å². The van der Waals surface area contributed by atoms with Crippen molar-refractivity contribution in [2.75, 3.05) is 38.2 Å². The fourth-order valence-electron chi connectivity index (χ4n) is 2.74. The lowest BCUT2D eigenvalue weighted by Crippen LogP contribution is -2.57. The van der Waals surface area contributed by atoms with Gasteiger partial charge < -0.3 is 5.32 Å². The van der Waals surface area contributed by atoms with Gasteiger partial charge in [0.15, 0.2) is 0 Å². The number of thioether (sulfide) groups is 1. The van der Waals surface area contributed by atoms with Gasteiger partial charge in [0.2, 0.25) is 0 Å². The zero-order valence-corrected chi connectivity index (χ0v) is 12.3. The first-order chi connectivity index (χ1) is 8.77. The minimum Gasteiger partial charge on any atom is -0.313 e. The van der Waals surface area contributed by atoms with E-state index >= 15 is 0 Å². The Balaban J connectivity index is 2.11. The molecule has 1 fully saturated rings. The predicted octanol–water partition coefficient (Wildman–Crippen LogP) is 2.56. The summed E-state index contributed by atoms with van der Waals surface area (Å²) in [5.74, 6) is 1.26. The van der Waals surface area contributed by atoms with Crippen LogP contribution in [0.15, 0.2) is 30.3 Å². The summed E-state index contributed by atoms with van der Waals surface area (Å²) in [6.45, 7) is 6.89. The average molecular weight is 264 g/mol. The molecule has 0 spiro atoms. The third kappa shape index (κ3) is 3.08. The van der Waals surface area contributed by atoms with Gasteiger partial charge >= 0.3 is 0 Å². The molecule has 0 bridgehead atoms. The van der Waals surface area contributed by atoms with Gasteiger partial charge in [0.05, 0.1) is 5.54 Å². The van der Waals surface area contributed by atoms with Crippen LogP contribution in [-0.4, -0.2) is 43.1 Å². The van der Waals surface area contributed by atoms with Crippen LogP contribution in [0.2, 0.25) is 0 Å². The summed E-state index contributed by atoms with van der Waals surface area (Å²) < 4.78 is 0. The molecular formula is C15H24N2S. The maximum absolute atomic E-state index is 3.55. The van der Waals surface area contributed by atoms with E-state index in [1.165, 1.54) is 24.3 Å². The lowest BCUT2D eigenvalue weighted by atomic mass is 9.88. The van der Waals surface area contributed by atoms with Gasteiger partial charge in [0.25, 0.3) is 0 Å². The van der Waals surface area contributed by atoms with Gasteiger partial charge in [-0.1, -0.05) is 30.3 Å². The molecule has 1 aliphatic rings. The highest BCUT2D eigenvalue weighted by molar-refractivity contribution is 7.98. The summed E-state index contributed by atoms with van der Waals surface area (Å²) in [4.78, 5) is 2.65. The van der Waals surface area contributed by atoms with E-state index < -0.39 is 0 Å². The Labute approximate surface area is 115 Å². The Bertz CT molecular complexity index is 355. The highest BCUT2D eigenvalue weighted by atomic mass is 32.2. The van der Waals surface area contributed by atoms with E-state index in [0.29, 0.717) is 0 Å². The molecule has 1 unspecified atom stereocenters. The Morgan fingerprint density at radius 2 is 2.11 bits per heavy atom. The number of hydrogen-bond acceptors (Lipinski definition) is 3. The van der Waals surface area contributed by atoms with Crippen LogP contribution in [0.5, 0.6) is 0 Å². The molecule has 0 aliphatic carbocycles. The Kier molecular flexibility index (Phi) is 5.10.